The molecule has 0 bridgehead atoms. The Morgan fingerprint density at radius 3 is 2.88 bits per heavy atom. The van der Waals surface area contributed by atoms with Crippen LogP contribution in [0.4, 0.5) is 0 Å². The molecule has 1 aromatic rings. The molecule has 1 radical (unpaired) electrons. The molecule has 17 heavy (non-hydrogen) atoms. The highest BCUT2D eigenvalue weighted by Crippen LogP contribution is 2.17. The lowest BCUT2D eigenvalue weighted by atomic mass is 10.1. The average Bonchev–Trinajstić information content (AvgIpc) is 2.34. The molecule has 0 amide bonds. The molecule has 1 atom stereocenters. The van der Waals surface area contributed by atoms with Gasteiger partial charge in [-0.05, 0) is 18.1 Å². The Labute approximate surface area is 101 Å². The van der Waals surface area contributed by atoms with Crippen molar-refractivity contribution in [3.63, 3.8) is 0 Å². The van der Waals surface area contributed by atoms with E-state index < -0.39 is 0 Å². The number of aliphatic hydroxyl groups excluding tert-OH is 1. The second kappa shape index (κ2) is 7.95. The number of benzene rings is 1. The third-order valence-corrected chi connectivity index (χ3v) is 2.22. The first kappa shape index (κ1) is 13.8. The second-order valence-electron chi connectivity index (χ2n) is 3.53. The number of aldehydes is 1. The lowest BCUT2D eigenvalue weighted by Crippen LogP contribution is -2.13. The summed E-state index contributed by atoms with van der Waals surface area (Å²) in [7, 11) is 0. The van der Waals surface area contributed by atoms with Gasteiger partial charge in [0, 0.05) is 0 Å². The number of rotatable bonds is 8. The number of aliphatic hydroxyl groups is 1. The van der Waals surface area contributed by atoms with Crippen molar-refractivity contribution in [3.05, 3.63) is 42.3 Å². The van der Waals surface area contributed by atoms with E-state index in [-0.39, 0.29) is 19.3 Å². The molecule has 1 rings (SSSR count). The molecule has 0 heterocycles. The third kappa shape index (κ3) is 5.08. The van der Waals surface area contributed by atoms with Crippen molar-refractivity contribution in [1.82, 2.24) is 0 Å². The fourth-order valence-corrected chi connectivity index (χ4v) is 1.43. The van der Waals surface area contributed by atoms with Gasteiger partial charge >= 0.3 is 0 Å². The normalized spacial score (nSPS) is 12.4. The summed E-state index contributed by atoms with van der Waals surface area (Å²) >= 11 is 0. The second-order valence-corrected chi connectivity index (χ2v) is 3.53. The minimum absolute atomic E-state index is 0.0709. The number of carbonyl (C=O) groups is 1. The van der Waals surface area contributed by atoms with E-state index in [1.807, 2.05) is 24.3 Å². The summed E-state index contributed by atoms with van der Waals surface area (Å²) in [4.78, 5) is 10.0. The van der Waals surface area contributed by atoms with Crippen LogP contribution in [-0.2, 0) is 14.3 Å². The molecule has 0 aliphatic heterocycles. The molecule has 4 nitrogen and oxygen atoms in total. The van der Waals surface area contributed by atoms with Crippen molar-refractivity contribution >= 4 is 6.29 Å². The fourth-order valence-electron chi connectivity index (χ4n) is 1.43. The van der Waals surface area contributed by atoms with Crippen LogP contribution >= 0.6 is 0 Å². The van der Waals surface area contributed by atoms with E-state index in [0.717, 1.165) is 11.1 Å². The molecule has 0 aromatic heterocycles. The Bertz CT molecular complexity index is 338. The van der Waals surface area contributed by atoms with Crippen molar-refractivity contribution in [2.45, 2.75) is 6.10 Å². The molecule has 0 spiro atoms. The molecule has 1 N–H and O–H groups in total. The van der Waals surface area contributed by atoms with E-state index in [0.29, 0.717) is 19.5 Å². The van der Waals surface area contributed by atoms with Crippen molar-refractivity contribution in [2.24, 2.45) is 0 Å². The van der Waals surface area contributed by atoms with Crippen LogP contribution in [0.15, 0.2) is 24.3 Å². The van der Waals surface area contributed by atoms with Gasteiger partial charge in [0.15, 0.2) is 0 Å². The molecular weight excluding hydrogens is 220 g/mol. The SMILES string of the molecule is [CH2]c1cccc(C(CO)OCCOCC=O)c1. The number of carbonyl (C=O) groups excluding carboxylic acids is 1. The van der Waals surface area contributed by atoms with Gasteiger partial charge in [0.1, 0.15) is 19.0 Å². The first-order valence-corrected chi connectivity index (χ1v) is 5.43. The lowest BCUT2D eigenvalue weighted by Gasteiger charge is -2.16. The molecule has 1 unspecified atom stereocenters. The molecule has 0 saturated carbocycles. The van der Waals surface area contributed by atoms with Gasteiger partial charge in [-0.3, -0.25) is 0 Å². The van der Waals surface area contributed by atoms with E-state index in [2.05, 4.69) is 6.92 Å². The number of hydrogen-bond donors (Lipinski definition) is 1. The summed E-state index contributed by atoms with van der Waals surface area (Å²) in [5, 5.41) is 9.23. The molecule has 1 aromatic carbocycles. The molecule has 4 heteroatoms. The highest BCUT2D eigenvalue weighted by Gasteiger charge is 2.10. The minimum atomic E-state index is -0.378. The van der Waals surface area contributed by atoms with Gasteiger partial charge in [-0.15, -0.1) is 0 Å². The number of ether oxygens (including phenoxy) is 2. The van der Waals surface area contributed by atoms with Gasteiger partial charge in [-0.2, -0.15) is 0 Å². The Hall–Kier alpha value is -1.23. The van der Waals surface area contributed by atoms with Gasteiger partial charge < -0.3 is 19.4 Å². The zero-order chi connectivity index (χ0) is 12.5. The topological polar surface area (TPSA) is 55.8 Å². The first-order valence-electron chi connectivity index (χ1n) is 5.43. The fraction of sp³-hybridized carbons (Fsp3) is 0.385. The predicted octanol–water partition coefficient (Wildman–Crippen LogP) is 1.13. The van der Waals surface area contributed by atoms with Crippen LogP contribution in [0.1, 0.15) is 17.2 Å². The zero-order valence-electron chi connectivity index (χ0n) is 9.67. The van der Waals surface area contributed by atoms with Crippen LogP contribution in [0.2, 0.25) is 0 Å². The lowest BCUT2D eigenvalue weighted by molar-refractivity contribution is -0.112. The van der Waals surface area contributed by atoms with Crippen LogP contribution < -0.4 is 0 Å². The zero-order valence-corrected chi connectivity index (χ0v) is 9.67. The summed E-state index contributed by atoms with van der Waals surface area (Å²) in [5.41, 5.74) is 1.76. The summed E-state index contributed by atoms with van der Waals surface area (Å²) in [6.07, 6.45) is 0.312. The van der Waals surface area contributed by atoms with E-state index >= 15 is 0 Å². The van der Waals surface area contributed by atoms with E-state index in [1.54, 1.807) is 0 Å². The van der Waals surface area contributed by atoms with E-state index in [1.165, 1.54) is 0 Å². The maximum absolute atomic E-state index is 10.0. The summed E-state index contributed by atoms with van der Waals surface area (Å²) in [6, 6.07) is 7.49. The molecule has 0 saturated heterocycles. The van der Waals surface area contributed by atoms with Gasteiger partial charge in [0.2, 0.25) is 0 Å². The van der Waals surface area contributed by atoms with Crippen molar-refractivity contribution in [1.29, 1.82) is 0 Å². The smallest absolute Gasteiger partial charge is 0.145 e. The number of hydrogen-bond acceptors (Lipinski definition) is 4. The van der Waals surface area contributed by atoms with Crippen LogP contribution in [0.25, 0.3) is 0 Å². The molecule has 0 aliphatic rings. The van der Waals surface area contributed by atoms with E-state index in [4.69, 9.17) is 9.47 Å². The summed E-state index contributed by atoms with van der Waals surface area (Å²) < 4.78 is 10.4. The average molecular weight is 237 g/mol. The van der Waals surface area contributed by atoms with Gasteiger partial charge in [0.05, 0.1) is 19.8 Å². The minimum Gasteiger partial charge on any atom is -0.393 e. The largest absolute Gasteiger partial charge is 0.393 e. The Balaban J connectivity index is 2.40. The van der Waals surface area contributed by atoms with Crippen LogP contribution in [-0.4, -0.2) is 37.8 Å². The highest BCUT2D eigenvalue weighted by molar-refractivity contribution is 5.50. The van der Waals surface area contributed by atoms with Crippen molar-refractivity contribution < 1.29 is 19.4 Å². The quantitative estimate of drug-likeness (QED) is 0.544. The Morgan fingerprint density at radius 2 is 2.24 bits per heavy atom. The van der Waals surface area contributed by atoms with E-state index in [9.17, 15) is 9.90 Å². The third-order valence-electron chi connectivity index (χ3n) is 2.22. The van der Waals surface area contributed by atoms with Crippen LogP contribution in [0, 0.1) is 6.92 Å². The van der Waals surface area contributed by atoms with Crippen molar-refractivity contribution in [3.8, 4) is 0 Å². The van der Waals surface area contributed by atoms with Gasteiger partial charge in [-0.1, -0.05) is 24.3 Å². The maximum Gasteiger partial charge on any atom is 0.145 e. The summed E-state index contributed by atoms with van der Waals surface area (Å²) in [5.74, 6) is 0. The predicted molar refractivity (Wildman–Crippen MR) is 63.6 cm³/mol. The molecule has 0 aliphatic carbocycles. The maximum atomic E-state index is 10.0. The standard InChI is InChI=1S/C13H17O4/c1-11-3-2-4-12(9-11)13(10-15)17-8-7-16-6-5-14/h2-5,9,13,15H,1,6-8,10H2. The molecule has 93 valence electrons. The summed E-state index contributed by atoms with van der Waals surface area (Å²) in [6.45, 7) is 4.46. The van der Waals surface area contributed by atoms with Gasteiger partial charge in [-0.25, -0.2) is 0 Å². The Kier molecular flexibility index (Phi) is 6.47. The van der Waals surface area contributed by atoms with Crippen LogP contribution in [0.5, 0.6) is 0 Å². The van der Waals surface area contributed by atoms with Crippen LogP contribution in [0.3, 0.4) is 0 Å². The monoisotopic (exact) mass is 237 g/mol. The Morgan fingerprint density at radius 1 is 1.41 bits per heavy atom. The molecular formula is C13H17O4. The van der Waals surface area contributed by atoms with Gasteiger partial charge in [0.25, 0.3) is 0 Å². The highest BCUT2D eigenvalue weighted by atomic mass is 16.5. The van der Waals surface area contributed by atoms with Crippen molar-refractivity contribution in [2.75, 3.05) is 26.4 Å². The molecule has 0 fully saturated rings. The first-order chi connectivity index (χ1) is 8.27.